The summed E-state index contributed by atoms with van der Waals surface area (Å²) in [5.41, 5.74) is -0.343. The molecule has 9 heteroatoms. The molecule has 2 aromatic rings. The van der Waals surface area contributed by atoms with Crippen LogP contribution in [0.25, 0.3) is 0 Å². The lowest BCUT2D eigenvalue weighted by Gasteiger charge is -2.14. The Labute approximate surface area is 136 Å². The van der Waals surface area contributed by atoms with E-state index in [1.54, 1.807) is 31.2 Å². The molecule has 0 aliphatic carbocycles. The van der Waals surface area contributed by atoms with E-state index in [0.29, 0.717) is 0 Å². The maximum Gasteiger partial charge on any atom is 0.412 e. The zero-order valence-corrected chi connectivity index (χ0v) is 12.5. The van der Waals surface area contributed by atoms with Crippen molar-refractivity contribution in [1.82, 2.24) is 0 Å². The Morgan fingerprint density at radius 2 is 1.58 bits per heavy atom. The molecule has 0 fully saturated rings. The van der Waals surface area contributed by atoms with E-state index >= 15 is 0 Å². The van der Waals surface area contributed by atoms with E-state index in [2.05, 4.69) is 5.32 Å². The van der Waals surface area contributed by atoms with E-state index in [0.717, 1.165) is 23.8 Å². The van der Waals surface area contributed by atoms with E-state index in [4.69, 9.17) is 4.74 Å². The third-order valence-electron chi connectivity index (χ3n) is 3.12. The van der Waals surface area contributed by atoms with Gasteiger partial charge in [0.1, 0.15) is 6.10 Å². The molecular weight excluding hydrogens is 318 g/mol. The molecule has 0 aliphatic rings. The molecule has 0 spiro atoms. The lowest BCUT2D eigenvalue weighted by molar-refractivity contribution is -0.394. The van der Waals surface area contributed by atoms with Crippen molar-refractivity contribution in [2.45, 2.75) is 13.0 Å². The van der Waals surface area contributed by atoms with Gasteiger partial charge < -0.3 is 4.74 Å². The SMILES string of the molecule is C[C@H](OC(=O)Nc1cc([N+](=O)[O-])cc([N+](=O)[O-])c1)c1ccccc1. The Balaban J connectivity index is 2.13. The highest BCUT2D eigenvalue weighted by molar-refractivity contribution is 5.86. The zero-order chi connectivity index (χ0) is 17.7. The number of carbonyl (C=O) groups excluding carboxylic acids is 1. The number of hydrogen-bond donors (Lipinski definition) is 1. The molecule has 0 saturated carbocycles. The van der Waals surface area contributed by atoms with E-state index in [1.807, 2.05) is 6.07 Å². The normalized spacial score (nSPS) is 11.4. The molecule has 2 rings (SSSR count). The van der Waals surface area contributed by atoms with Crippen LogP contribution in [0.2, 0.25) is 0 Å². The molecule has 0 aromatic heterocycles. The highest BCUT2D eigenvalue weighted by Gasteiger charge is 2.18. The van der Waals surface area contributed by atoms with Gasteiger partial charge in [-0.2, -0.15) is 0 Å². The molecule has 9 nitrogen and oxygen atoms in total. The molecule has 0 radical (unpaired) electrons. The van der Waals surface area contributed by atoms with Gasteiger partial charge in [0.25, 0.3) is 11.4 Å². The average Bonchev–Trinajstić information content (AvgIpc) is 2.55. The fourth-order valence-electron chi connectivity index (χ4n) is 1.98. The van der Waals surface area contributed by atoms with Gasteiger partial charge in [-0.15, -0.1) is 0 Å². The summed E-state index contributed by atoms with van der Waals surface area (Å²) >= 11 is 0. The largest absolute Gasteiger partial charge is 0.441 e. The van der Waals surface area contributed by atoms with Crippen molar-refractivity contribution in [2.75, 3.05) is 5.32 Å². The first-order valence-corrected chi connectivity index (χ1v) is 6.83. The monoisotopic (exact) mass is 331 g/mol. The predicted molar refractivity (Wildman–Crippen MR) is 84.7 cm³/mol. The van der Waals surface area contributed by atoms with Gasteiger partial charge in [0, 0.05) is 12.1 Å². The lowest BCUT2D eigenvalue weighted by Crippen LogP contribution is -2.16. The van der Waals surface area contributed by atoms with Gasteiger partial charge in [0.2, 0.25) is 0 Å². The number of anilines is 1. The van der Waals surface area contributed by atoms with Crippen molar-refractivity contribution in [3.05, 3.63) is 74.3 Å². The summed E-state index contributed by atoms with van der Waals surface area (Å²) in [6, 6.07) is 11.8. The summed E-state index contributed by atoms with van der Waals surface area (Å²) in [5.74, 6) is 0. The maximum absolute atomic E-state index is 11.9. The molecule has 0 bridgehead atoms. The van der Waals surface area contributed by atoms with E-state index in [-0.39, 0.29) is 5.69 Å². The minimum Gasteiger partial charge on any atom is -0.441 e. The van der Waals surface area contributed by atoms with Crippen LogP contribution in [-0.4, -0.2) is 15.9 Å². The van der Waals surface area contributed by atoms with Crippen molar-refractivity contribution in [3.8, 4) is 0 Å². The van der Waals surface area contributed by atoms with Crippen LogP contribution in [0, 0.1) is 20.2 Å². The Kier molecular flexibility index (Phi) is 5.05. The van der Waals surface area contributed by atoms with Crippen LogP contribution in [0.1, 0.15) is 18.6 Å². The molecule has 0 aliphatic heterocycles. The predicted octanol–water partition coefficient (Wildman–Crippen LogP) is 3.81. The molecule has 0 unspecified atom stereocenters. The minimum atomic E-state index is -0.874. The first kappa shape index (κ1) is 16.9. The van der Waals surface area contributed by atoms with Gasteiger partial charge in [-0.3, -0.25) is 25.5 Å². The van der Waals surface area contributed by atoms with Crippen molar-refractivity contribution >= 4 is 23.2 Å². The van der Waals surface area contributed by atoms with Crippen LogP contribution >= 0.6 is 0 Å². The number of non-ortho nitro benzene ring substituents is 2. The third-order valence-corrected chi connectivity index (χ3v) is 3.12. The number of amides is 1. The molecule has 1 amide bonds. The van der Waals surface area contributed by atoms with Gasteiger partial charge in [0.05, 0.1) is 21.6 Å². The van der Waals surface area contributed by atoms with Gasteiger partial charge in [-0.05, 0) is 12.5 Å². The summed E-state index contributed by atoms with van der Waals surface area (Å²) in [7, 11) is 0. The Morgan fingerprint density at radius 3 is 2.08 bits per heavy atom. The van der Waals surface area contributed by atoms with Crippen LogP contribution in [0.3, 0.4) is 0 Å². The van der Waals surface area contributed by atoms with Gasteiger partial charge in [-0.1, -0.05) is 30.3 Å². The fraction of sp³-hybridized carbons (Fsp3) is 0.133. The number of nitro groups is 2. The molecule has 2 aromatic carbocycles. The van der Waals surface area contributed by atoms with E-state index in [9.17, 15) is 25.0 Å². The number of hydrogen-bond acceptors (Lipinski definition) is 6. The average molecular weight is 331 g/mol. The van der Waals surface area contributed by atoms with Crippen molar-refractivity contribution in [2.24, 2.45) is 0 Å². The fourth-order valence-corrected chi connectivity index (χ4v) is 1.98. The van der Waals surface area contributed by atoms with Crippen molar-refractivity contribution < 1.29 is 19.4 Å². The maximum atomic E-state index is 11.9. The van der Waals surface area contributed by atoms with Crippen LogP contribution < -0.4 is 5.32 Å². The van der Waals surface area contributed by atoms with Crippen LogP contribution in [0.15, 0.2) is 48.5 Å². The molecule has 0 heterocycles. The number of benzene rings is 2. The zero-order valence-electron chi connectivity index (χ0n) is 12.5. The second-order valence-corrected chi connectivity index (χ2v) is 4.84. The quantitative estimate of drug-likeness (QED) is 0.656. The number of ether oxygens (including phenoxy) is 1. The summed E-state index contributed by atoms with van der Waals surface area (Å²) in [5, 5.41) is 23.9. The molecule has 124 valence electrons. The summed E-state index contributed by atoms with van der Waals surface area (Å²) in [4.78, 5) is 32.0. The van der Waals surface area contributed by atoms with Crippen molar-refractivity contribution in [1.29, 1.82) is 0 Å². The standard InChI is InChI=1S/C15H13N3O6/c1-10(11-5-3-2-4-6-11)24-15(19)16-12-7-13(17(20)21)9-14(8-12)18(22)23/h2-10H,1H3,(H,16,19)/t10-/m0/s1. The van der Waals surface area contributed by atoms with Crippen LogP contribution in [0.4, 0.5) is 21.9 Å². The summed E-state index contributed by atoms with van der Waals surface area (Å²) < 4.78 is 5.15. The smallest absolute Gasteiger partial charge is 0.412 e. The van der Waals surface area contributed by atoms with Gasteiger partial charge >= 0.3 is 6.09 Å². The number of nitrogens with one attached hydrogen (secondary N) is 1. The first-order valence-electron chi connectivity index (χ1n) is 6.83. The third kappa shape index (κ3) is 4.26. The van der Waals surface area contributed by atoms with Crippen molar-refractivity contribution in [3.63, 3.8) is 0 Å². The Bertz CT molecular complexity index is 746. The van der Waals surface area contributed by atoms with Gasteiger partial charge in [-0.25, -0.2) is 4.79 Å². The highest BCUT2D eigenvalue weighted by atomic mass is 16.6. The number of nitro benzene ring substituents is 2. The lowest BCUT2D eigenvalue weighted by atomic mass is 10.1. The topological polar surface area (TPSA) is 125 Å². The summed E-state index contributed by atoms with van der Waals surface area (Å²) in [6.45, 7) is 1.66. The number of rotatable bonds is 5. The second kappa shape index (κ2) is 7.18. The van der Waals surface area contributed by atoms with Crippen LogP contribution in [0.5, 0.6) is 0 Å². The Morgan fingerprint density at radius 1 is 1.04 bits per heavy atom. The second-order valence-electron chi connectivity index (χ2n) is 4.84. The molecule has 24 heavy (non-hydrogen) atoms. The summed E-state index contributed by atoms with van der Waals surface area (Å²) in [6.07, 6.45) is -1.43. The Hall–Kier alpha value is -3.49. The first-order chi connectivity index (χ1) is 11.4. The number of carbonyl (C=O) groups is 1. The molecule has 1 N–H and O–H groups in total. The molecule has 1 atom stereocenters. The van der Waals surface area contributed by atoms with Crippen LogP contribution in [-0.2, 0) is 4.74 Å². The van der Waals surface area contributed by atoms with E-state index in [1.165, 1.54) is 0 Å². The van der Waals surface area contributed by atoms with E-state index < -0.39 is 33.4 Å². The highest BCUT2D eigenvalue weighted by Crippen LogP contribution is 2.26. The minimum absolute atomic E-state index is 0.0961. The number of nitrogens with zero attached hydrogens (tertiary/aromatic N) is 2. The van der Waals surface area contributed by atoms with Gasteiger partial charge in [0.15, 0.2) is 0 Å². The molecule has 0 saturated heterocycles. The molecular formula is C15H13N3O6.